The van der Waals surface area contributed by atoms with E-state index in [9.17, 15) is 15.0 Å². The number of hydrogen-bond acceptors (Lipinski definition) is 6. The molecule has 0 saturated heterocycles. The lowest BCUT2D eigenvalue weighted by Gasteiger charge is -2.40. The maximum absolute atomic E-state index is 15.0. The number of amides is 1. The van der Waals surface area contributed by atoms with Gasteiger partial charge in [0.05, 0.1) is 18.9 Å². The van der Waals surface area contributed by atoms with Crippen molar-refractivity contribution in [2.75, 3.05) is 6.61 Å². The fourth-order valence-electron chi connectivity index (χ4n) is 6.59. The lowest BCUT2D eigenvalue weighted by Crippen LogP contribution is -2.69. The zero-order chi connectivity index (χ0) is 31.4. The van der Waals surface area contributed by atoms with Crippen LogP contribution in [0, 0.1) is 5.82 Å². The van der Waals surface area contributed by atoms with E-state index in [2.05, 4.69) is 22.3 Å². The molecule has 4 aromatic carbocycles. The number of benzene rings is 4. The molecule has 3 atom stereocenters. The topological polar surface area (TPSA) is 102 Å². The van der Waals surface area contributed by atoms with Gasteiger partial charge in [-0.1, -0.05) is 91.0 Å². The zero-order valence-electron chi connectivity index (χ0n) is 25.4. The highest BCUT2D eigenvalue weighted by atomic mass is 19.1. The molecule has 2 aliphatic rings. The van der Waals surface area contributed by atoms with Gasteiger partial charge in [-0.3, -0.25) is 15.0 Å². The number of aliphatic hydroxyl groups is 2. The van der Waals surface area contributed by atoms with Gasteiger partial charge < -0.3 is 20.8 Å². The Labute approximate surface area is 264 Å². The van der Waals surface area contributed by atoms with E-state index in [1.807, 2.05) is 60.7 Å². The van der Waals surface area contributed by atoms with Gasteiger partial charge in [0.1, 0.15) is 5.82 Å². The second-order valence-corrected chi connectivity index (χ2v) is 12.4. The summed E-state index contributed by atoms with van der Waals surface area (Å²) in [6.45, 7) is 2.08. The van der Waals surface area contributed by atoms with Gasteiger partial charge in [-0.25, -0.2) is 4.39 Å². The summed E-state index contributed by atoms with van der Waals surface area (Å²) in [6, 6.07) is 30.9. The highest BCUT2D eigenvalue weighted by Gasteiger charge is 2.43. The van der Waals surface area contributed by atoms with Crippen molar-refractivity contribution in [2.45, 2.75) is 69.8 Å². The van der Waals surface area contributed by atoms with E-state index >= 15 is 4.39 Å². The van der Waals surface area contributed by atoms with E-state index in [0.29, 0.717) is 51.0 Å². The first-order chi connectivity index (χ1) is 21.8. The van der Waals surface area contributed by atoms with Gasteiger partial charge >= 0.3 is 0 Å². The molecule has 2 aliphatic heterocycles. The molecular formula is C37H41FN4O3. The molecule has 0 aromatic heterocycles. The van der Waals surface area contributed by atoms with Crippen molar-refractivity contribution < 1.29 is 19.4 Å². The fourth-order valence-corrected chi connectivity index (χ4v) is 6.59. The van der Waals surface area contributed by atoms with Gasteiger partial charge in [0.2, 0.25) is 0 Å². The average molecular weight is 609 g/mol. The third kappa shape index (κ3) is 7.16. The zero-order valence-corrected chi connectivity index (χ0v) is 25.4. The summed E-state index contributed by atoms with van der Waals surface area (Å²) in [4.78, 5) is 18.5. The molecule has 0 spiro atoms. The van der Waals surface area contributed by atoms with Crippen LogP contribution >= 0.6 is 0 Å². The van der Waals surface area contributed by atoms with Crippen molar-refractivity contribution in [3.63, 3.8) is 0 Å². The Hall–Kier alpha value is -3.92. The standard InChI is InChI=1S/C37H41FN4O3/c38-34-12-6-5-7-28(34)20-37(39,36(45)42-23-31-10-3-4-11-32(31)24-42)40-35(41-21-29-8-1-2-9-30(29)22-41)18-17-26-13-15-27(16-14-26)19-33(44)25-43/h1-16,33,35,40,43-44H,17-25,39H2/t33-,35?,37-/m1/s1. The van der Waals surface area contributed by atoms with Crippen LogP contribution < -0.4 is 11.1 Å². The van der Waals surface area contributed by atoms with E-state index in [1.165, 1.54) is 17.2 Å². The normalized spacial score (nSPS) is 17.0. The molecule has 7 nitrogen and oxygen atoms in total. The minimum atomic E-state index is -1.56. The smallest absolute Gasteiger partial charge is 0.258 e. The minimum absolute atomic E-state index is 0.00448. The largest absolute Gasteiger partial charge is 0.394 e. The third-order valence-electron chi connectivity index (χ3n) is 9.08. The first-order valence-corrected chi connectivity index (χ1v) is 15.6. The van der Waals surface area contributed by atoms with Crippen molar-refractivity contribution in [1.29, 1.82) is 0 Å². The maximum atomic E-state index is 15.0. The number of carbonyl (C=O) groups is 1. The summed E-state index contributed by atoms with van der Waals surface area (Å²) in [7, 11) is 0. The molecule has 45 heavy (non-hydrogen) atoms. The Bertz CT molecular complexity index is 1580. The number of nitrogens with two attached hydrogens (primary N) is 1. The van der Waals surface area contributed by atoms with Crippen LogP contribution in [-0.2, 0) is 50.2 Å². The highest BCUT2D eigenvalue weighted by Crippen LogP contribution is 2.29. The van der Waals surface area contributed by atoms with E-state index < -0.39 is 11.8 Å². The average Bonchev–Trinajstić information content (AvgIpc) is 3.69. The number of fused-ring (bicyclic) bond motifs is 2. The Kier molecular flexibility index (Phi) is 9.40. The molecule has 6 rings (SSSR count). The molecule has 1 amide bonds. The van der Waals surface area contributed by atoms with Gasteiger partial charge in [0.15, 0.2) is 5.66 Å². The van der Waals surface area contributed by atoms with Crippen molar-refractivity contribution in [2.24, 2.45) is 5.73 Å². The van der Waals surface area contributed by atoms with Crippen LogP contribution in [0.25, 0.3) is 0 Å². The molecule has 8 heteroatoms. The highest BCUT2D eigenvalue weighted by molar-refractivity contribution is 5.86. The Morgan fingerprint density at radius 1 is 0.822 bits per heavy atom. The van der Waals surface area contributed by atoms with Gasteiger partial charge in [0.25, 0.3) is 5.91 Å². The van der Waals surface area contributed by atoms with Crippen LogP contribution in [0.4, 0.5) is 4.39 Å². The summed E-state index contributed by atoms with van der Waals surface area (Å²) >= 11 is 0. The van der Waals surface area contributed by atoms with Crippen molar-refractivity contribution in [3.8, 4) is 0 Å². The number of nitrogens with zero attached hydrogens (tertiary/aromatic N) is 2. The van der Waals surface area contributed by atoms with Crippen LogP contribution in [-0.4, -0.2) is 50.5 Å². The van der Waals surface area contributed by atoms with Gasteiger partial charge in [-0.05, 0) is 57.9 Å². The van der Waals surface area contributed by atoms with Crippen LogP contribution in [0.2, 0.25) is 0 Å². The molecule has 0 saturated carbocycles. The number of aryl methyl sites for hydroxylation is 1. The summed E-state index contributed by atoms with van der Waals surface area (Å²) in [5.41, 5.74) is 12.7. The second-order valence-electron chi connectivity index (χ2n) is 12.4. The number of halogens is 1. The molecular weight excluding hydrogens is 567 g/mol. The molecule has 0 aliphatic carbocycles. The van der Waals surface area contributed by atoms with Crippen LogP contribution in [0.3, 0.4) is 0 Å². The first-order valence-electron chi connectivity index (χ1n) is 15.6. The molecule has 5 N–H and O–H groups in total. The number of aliphatic hydroxyl groups excluding tert-OH is 2. The first kappa shape index (κ1) is 31.1. The summed E-state index contributed by atoms with van der Waals surface area (Å²) in [6.07, 6.45) is 0.711. The molecule has 1 unspecified atom stereocenters. The molecule has 0 bridgehead atoms. The molecule has 234 valence electrons. The quantitative estimate of drug-likeness (QED) is 0.181. The fraction of sp³-hybridized carbons (Fsp3) is 0.324. The van der Waals surface area contributed by atoms with E-state index in [0.717, 1.165) is 22.3 Å². The summed E-state index contributed by atoms with van der Waals surface area (Å²) in [5.74, 6) is -0.640. The van der Waals surface area contributed by atoms with Crippen molar-refractivity contribution >= 4 is 5.91 Å². The molecule has 2 heterocycles. The van der Waals surface area contributed by atoms with Gasteiger partial charge in [-0.15, -0.1) is 0 Å². The molecule has 0 fully saturated rings. The Morgan fingerprint density at radius 3 is 1.93 bits per heavy atom. The second kappa shape index (κ2) is 13.6. The molecule has 4 aromatic rings. The van der Waals surface area contributed by atoms with Gasteiger partial charge in [0, 0.05) is 39.0 Å². The van der Waals surface area contributed by atoms with Crippen LogP contribution in [0.5, 0.6) is 0 Å². The van der Waals surface area contributed by atoms with E-state index in [4.69, 9.17) is 5.73 Å². The maximum Gasteiger partial charge on any atom is 0.258 e. The van der Waals surface area contributed by atoms with Gasteiger partial charge in [-0.2, -0.15) is 0 Å². The lowest BCUT2D eigenvalue weighted by molar-refractivity contribution is -0.140. The predicted octanol–water partition coefficient (Wildman–Crippen LogP) is 4.03. The summed E-state index contributed by atoms with van der Waals surface area (Å²) < 4.78 is 15.0. The lowest BCUT2D eigenvalue weighted by atomic mass is 9.96. The number of rotatable bonds is 12. The number of carbonyl (C=O) groups excluding carboxylic acids is 1. The number of hydrogen-bond donors (Lipinski definition) is 4. The minimum Gasteiger partial charge on any atom is -0.394 e. The van der Waals surface area contributed by atoms with Crippen LogP contribution in [0.1, 0.15) is 45.4 Å². The van der Waals surface area contributed by atoms with E-state index in [1.54, 1.807) is 23.1 Å². The van der Waals surface area contributed by atoms with E-state index in [-0.39, 0.29) is 30.9 Å². The Morgan fingerprint density at radius 2 is 1.36 bits per heavy atom. The SMILES string of the molecule is N[C@](Cc1ccccc1F)(NC(CCc1ccc(C[C@@H](O)CO)cc1)N1Cc2ccccc2C1)C(=O)N1Cc2ccccc2C1. The predicted molar refractivity (Wildman–Crippen MR) is 172 cm³/mol. The number of nitrogens with one attached hydrogen (secondary N) is 1. The monoisotopic (exact) mass is 608 g/mol. The van der Waals surface area contributed by atoms with Crippen molar-refractivity contribution in [3.05, 3.63) is 142 Å². The summed E-state index contributed by atoms with van der Waals surface area (Å²) in [5, 5.41) is 22.6. The van der Waals surface area contributed by atoms with Crippen molar-refractivity contribution in [1.82, 2.24) is 15.1 Å². The Balaban J connectivity index is 1.27. The van der Waals surface area contributed by atoms with Crippen LogP contribution in [0.15, 0.2) is 97.1 Å². The molecule has 0 radical (unpaired) electrons. The third-order valence-corrected chi connectivity index (χ3v) is 9.08.